The lowest BCUT2D eigenvalue weighted by atomic mass is 9.95. The van der Waals surface area contributed by atoms with Gasteiger partial charge < -0.3 is 21.5 Å². The van der Waals surface area contributed by atoms with Gasteiger partial charge in [0.25, 0.3) is 18.2 Å². The maximum absolute atomic E-state index is 13.1. The number of aliphatic hydroxyl groups is 1. The molecule has 2 aromatic rings. The lowest BCUT2D eigenvalue weighted by molar-refractivity contribution is -0.149. The van der Waals surface area contributed by atoms with Crippen LogP contribution in [0.25, 0.3) is 0 Å². The van der Waals surface area contributed by atoms with Crippen LogP contribution in [0.3, 0.4) is 0 Å². The molecule has 1 unspecified atom stereocenters. The van der Waals surface area contributed by atoms with Crippen molar-refractivity contribution in [3.63, 3.8) is 0 Å². The molecule has 0 aliphatic carbocycles. The second-order valence-corrected chi connectivity index (χ2v) is 7.15. The summed E-state index contributed by atoms with van der Waals surface area (Å²) in [6.07, 6.45) is -3.37. The van der Waals surface area contributed by atoms with E-state index in [2.05, 4.69) is 17.2 Å². The number of hydrogen-bond donors (Lipinski definition) is 6. The molecule has 0 heterocycles. The van der Waals surface area contributed by atoms with Gasteiger partial charge in [0.2, 0.25) is 0 Å². The Morgan fingerprint density at radius 3 is 2.00 bits per heavy atom. The van der Waals surface area contributed by atoms with Gasteiger partial charge in [0.1, 0.15) is 6.04 Å². The number of carbonyl (C=O) groups excluding carboxylic acids is 3. The molecule has 4 amide bonds. The van der Waals surface area contributed by atoms with E-state index < -0.39 is 35.9 Å². The third-order valence-electron chi connectivity index (χ3n) is 4.59. The second-order valence-electron chi connectivity index (χ2n) is 7.15. The molecule has 9 nitrogen and oxygen atoms in total. The highest BCUT2D eigenvalue weighted by Gasteiger charge is 2.46. The molecule has 174 valence electrons. The van der Waals surface area contributed by atoms with Crippen LogP contribution in [0.2, 0.25) is 0 Å². The van der Waals surface area contributed by atoms with Crippen molar-refractivity contribution in [2.24, 2.45) is 5.73 Å². The highest BCUT2D eigenvalue weighted by Crippen LogP contribution is 2.20. The Morgan fingerprint density at radius 1 is 1.03 bits per heavy atom. The molecular weight excluding hydrogens is 438 g/mol. The minimum absolute atomic E-state index is 0.0210. The van der Waals surface area contributed by atoms with Gasteiger partial charge in [-0.15, -0.1) is 0 Å². The van der Waals surface area contributed by atoms with Crippen molar-refractivity contribution in [2.75, 3.05) is 0 Å². The van der Waals surface area contributed by atoms with Crippen molar-refractivity contribution in [1.82, 2.24) is 16.1 Å². The van der Waals surface area contributed by atoms with Crippen LogP contribution in [-0.4, -0.2) is 46.2 Å². The molecule has 0 saturated carbocycles. The number of alkyl halides is 2. The standard InChI is InChI=1S/C22H22F2N4O5/c1-22(32,20(23)24)17(19(30)28-33)27-18(29)16-10-8-14(9-11-16)3-2-13-4-6-15(7-5-13)12-26-21(25)31/h4-11,17,20,32-33H,12H2,1H3,(H,27,29)(H,28,30)(H3,25,26,31)/t17-,22?/m1/s1. The third-order valence-corrected chi connectivity index (χ3v) is 4.59. The van der Waals surface area contributed by atoms with Gasteiger partial charge in [0.15, 0.2) is 5.60 Å². The van der Waals surface area contributed by atoms with Crippen LogP contribution in [0, 0.1) is 11.8 Å². The normalized spacial score (nSPS) is 13.2. The van der Waals surface area contributed by atoms with E-state index in [0.29, 0.717) is 24.6 Å². The molecule has 0 radical (unpaired) electrons. The van der Waals surface area contributed by atoms with Gasteiger partial charge in [0, 0.05) is 23.2 Å². The molecule has 0 aromatic heterocycles. The van der Waals surface area contributed by atoms with Gasteiger partial charge in [0.05, 0.1) is 0 Å². The minimum Gasteiger partial charge on any atom is -0.381 e. The molecule has 2 atom stereocenters. The summed E-state index contributed by atoms with van der Waals surface area (Å²) in [6.45, 7) is 0.956. The number of amides is 4. The van der Waals surface area contributed by atoms with Gasteiger partial charge in [-0.1, -0.05) is 24.0 Å². The summed E-state index contributed by atoms with van der Waals surface area (Å²) in [4.78, 5) is 34.8. The van der Waals surface area contributed by atoms with Crippen LogP contribution in [0.15, 0.2) is 48.5 Å². The predicted molar refractivity (Wildman–Crippen MR) is 113 cm³/mol. The zero-order valence-electron chi connectivity index (χ0n) is 17.4. The predicted octanol–water partition coefficient (Wildman–Crippen LogP) is 0.875. The van der Waals surface area contributed by atoms with Gasteiger partial charge in [-0.25, -0.2) is 19.1 Å². The van der Waals surface area contributed by atoms with E-state index in [1.54, 1.807) is 24.3 Å². The summed E-state index contributed by atoms with van der Waals surface area (Å²) in [6, 6.07) is 10.1. The van der Waals surface area contributed by atoms with Crippen molar-refractivity contribution in [2.45, 2.75) is 31.5 Å². The Balaban J connectivity index is 2.08. The number of carbonyl (C=O) groups is 3. The number of halogens is 2. The Bertz CT molecular complexity index is 1060. The number of urea groups is 1. The van der Waals surface area contributed by atoms with E-state index in [9.17, 15) is 28.3 Å². The van der Waals surface area contributed by atoms with Crippen molar-refractivity contribution < 1.29 is 33.5 Å². The van der Waals surface area contributed by atoms with Crippen molar-refractivity contribution in [3.8, 4) is 11.8 Å². The Hall–Kier alpha value is -4.01. The van der Waals surface area contributed by atoms with Crippen molar-refractivity contribution >= 4 is 17.8 Å². The third kappa shape index (κ3) is 6.99. The average molecular weight is 460 g/mol. The van der Waals surface area contributed by atoms with E-state index in [0.717, 1.165) is 11.0 Å². The van der Waals surface area contributed by atoms with Gasteiger partial charge in [-0.2, -0.15) is 0 Å². The van der Waals surface area contributed by atoms with Crippen LogP contribution in [0.1, 0.15) is 34.0 Å². The number of rotatable bonds is 7. The van der Waals surface area contributed by atoms with Crippen LogP contribution in [0.5, 0.6) is 0 Å². The largest absolute Gasteiger partial charge is 0.381 e. The Kier molecular flexibility index (Phi) is 8.44. The lowest BCUT2D eigenvalue weighted by Crippen LogP contribution is -2.61. The number of benzene rings is 2. The smallest absolute Gasteiger partial charge is 0.312 e. The number of primary amides is 1. The molecule has 0 aliphatic heterocycles. The van der Waals surface area contributed by atoms with Crippen LogP contribution >= 0.6 is 0 Å². The molecule has 7 N–H and O–H groups in total. The van der Waals surface area contributed by atoms with Crippen LogP contribution < -0.4 is 21.8 Å². The zero-order chi connectivity index (χ0) is 24.6. The first kappa shape index (κ1) is 25.3. The number of hydroxylamine groups is 1. The molecular formula is C22H22F2N4O5. The van der Waals surface area contributed by atoms with Gasteiger partial charge >= 0.3 is 6.03 Å². The molecule has 33 heavy (non-hydrogen) atoms. The zero-order valence-corrected chi connectivity index (χ0v) is 17.4. The van der Waals surface area contributed by atoms with E-state index in [-0.39, 0.29) is 5.56 Å². The summed E-state index contributed by atoms with van der Waals surface area (Å²) < 4.78 is 26.2. The topological polar surface area (TPSA) is 154 Å². The Labute approximate surface area is 187 Å². The molecule has 0 fully saturated rings. The molecule has 0 saturated heterocycles. The average Bonchev–Trinajstić information content (AvgIpc) is 2.79. The maximum Gasteiger partial charge on any atom is 0.312 e. The van der Waals surface area contributed by atoms with Gasteiger partial charge in [-0.3, -0.25) is 14.8 Å². The van der Waals surface area contributed by atoms with E-state index in [4.69, 9.17) is 10.9 Å². The quantitative estimate of drug-likeness (QED) is 0.206. The lowest BCUT2D eigenvalue weighted by Gasteiger charge is -2.30. The molecule has 11 heteroatoms. The fourth-order valence-electron chi connectivity index (χ4n) is 2.63. The first-order valence-corrected chi connectivity index (χ1v) is 9.54. The summed E-state index contributed by atoms with van der Waals surface area (Å²) >= 11 is 0. The molecule has 2 rings (SSSR count). The molecule has 0 aliphatic rings. The van der Waals surface area contributed by atoms with E-state index in [1.165, 1.54) is 24.3 Å². The number of hydrogen-bond acceptors (Lipinski definition) is 5. The highest BCUT2D eigenvalue weighted by molar-refractivity contribution is 5.97. The monoisotopic (exact) mass is 460 g/mol. The number of nitrogens with two attached hydrogens (primary N) is 1. The first-order valence-electron chi connectivity index (χ1n) is 9.54. The first-order chi connectivity index (χ1) is 15.5. The van der Waals surface area contributed by atoms with Crippen molar-refractivity contribution in [1.29, 1.82) is 0 Å². The van der Waals surface area contributed by atoms with Gasteiger partial charge in [-0.05, 0) is 48.9 Å². The fourth-order valence-corrected chi connectivity index (χ4v) is 2.63. The minimum atomic E-state index is -3.37. The summed E-state index contributed by atoms with van der Waals surface area (Å²) in [5.74, 6) is 3.52. The number of nitrogens with one attached hydrogen (secondary N) is 3. The van der Waals surface area contributed by atoms with Crippen LogP contribution in [-0.2, 0) is 11.3 Å². The second kappa shape index (κ2) is 11.0. The molecule has 0 spiro atoms. The molecule has 0 bridgehead atoms. The summed E-state index contributed by atoms with van der Waals surface area (Å²) in [5, 5.41) is 23.1. The fraction of sp³-hybridized carbons (Fsp3) is 0.227. The highest BCUT2D eigenvalue weighted by atomic mass is 19.3. The SMILES string of the molecule is CC(O)(C(F)F)[C@H](NC(=O)c1ccc(C#Cc2ccc(CNC(N)=O)cc2)cc1)C(=O)NO. The Morgan fingerprint density at radius 2 is 1.55 bits per heavy atom. The van der Waals surface area contributed by atoms with Crippen molar-refractivity contribution in [3.05, 3.63) is 70.8 Å². The van der Waals surface area contributed by atoms with E-state index >= 15 is 0 Å². The van der Waals surface area contributed by atoms with E-state index in [1.807, 2.05) is 5.32 Å². The summed E-state index contributed by atoms with van der Waals surface area (Å²) in [5.41, 5.74) is 5.37. The van der Waals surface area contributed by atoms with Crippen LogP contribution in [0.4, 0.5) is 13.6 Å². The summed E-state index contributed by atoms with van der Waals surface area (Å²) in [7, 11) is 0. The molecule has 2 aromatic carbocycles. The maximum atomic E-state index is 13.1.